The Bertz CT molecular complexity index is 653. The van der Waals surface area contributed by atoms with Crippen LogP contribution in [0.3, 0.4) is 0 Å². The van der Waals surface area contributed by atoms with Crippen molar-refractivity contribution in [2.45, 2.75) is 43.9 Å². The van der Waals surface area contributed by atoms with Crippen LogP contribution in [-0.2, 0) is 30.4 Å². The SMILES string of the molecule is O=C(OCc1ccccc1)C(CC1CCC1)OS(=O)(=O)C(F)(F)F. The van der Waals surface area contributed by atoms with Crippen LogP contribution >= 0.6 is 0 Å². The fraction of sp³-hybridized carbons (Fsp3) is 0.533. The standard InChI is InChI=1S/C15H17F3O5S/c16-15(17,18)24(20,21)23-13(9-11-7-4-8-11)14(19)22-10-12-5-2-1-3-6-12/h1-3,5-6,11,13H,4,7-10H2. The number of esters is 1. The molecule has 1 aliphatic carbocycles. The summed E-state index contributed by atoms with van der Waals surface area (Å²) in [5.41, 5.74) is -4.95. The van der Waals surface area contributed by atoms with Crippen molar-refractivity contribution in [2.24, 2.45) is 5.92 Å². The van der Waals surface area contributed by atoms with E-state index >= 15 is 0 Å². The van der Waals surface area contributed by atoms with Crippen LogP contribution in [0.4, 0.5) is 13.2 Å². The molecular formula is C15H17F3O5S. The normalized spacial score (nSPS) is 17.1. The minimum Gasteiger partial charge on any atom is -0.459 e. The van der Waals surface area contributed by atoms with Gasteiger partial charge in [0.15, 0.2) is 6.10 Å². The lowest BCUT2D eigenvalue weighted by molar-refractivity contribution is -0.155. The maximum absolute atomic E-state index is 12.5. The monoisotopic (exact) mass is 366 g/mol. The van der Waals surface area contributed by atoms with Crippen molar-refractivity contribution in [3.63, 3.8) is 0 Å². The molecule has 0 aliphatic heterocycles. The quantitative estimate of drug-likeness (QED) is 0.421. The molecule has 1 aromatic rings. The fourth-order valence-corrected chi connectivity index (χ4v) is 2.81. The molecule has 0 amide bonds. The molecule has 1 aromatic carbocycles. The molecule has 0 bridgehead atoms. The number of carbonyl (C=O) groups is 1. The summed E-state index contributed by atoms with van der Waals surface area (Å²) in [5, 5.41) is 0. The Morgan fingerprint density at radius 3 is 2.33 bits per heavy atom. The van der Waals surface area contributed by atoms with Gasteiger partial charge < -0.3 is 4.74 Å². The Kier molecular flexibility index (Phi) is 5.87. The first kappa shape index (κ1) is 18.7. The van der Waals surface area contributed by atoms with Crippen molar-refractivity contribution in [1.29, 1.82) is 0 Å². The maximum atomic E-state index is 12.5. The lowest BCUT2D eigenvalue weighted by atomic mass is 9.81. The molecule has 0 heterocycles. The van der Waals surface area contributed by atoms with Crippen LogP contribution < -0.4 is 0 Å². The number of ether oxygens (including phenoxy) is 1. The van der Waals surface area contributed by atoms with Crippen LogP contribution in [0.15, 0.2) is 30.3 Å². The van der Waals surface area contributed by atoms with Crippen molar-refractivity contribution >= 4 is 16.1 Å². The van der Waals surface area contributed by atoms with E-state index in [1.165, 1.54) is 0 Å². The molecule has 2 rings (SSSR count). The Hall–Kier alpha value is -1.61. The Morgan fingerprint density at radius 1 is 1.21 bits per heavy atom. The summed E-state index contributed by atoms with van der Waals surface area (Å²) in [6.45, 7) is -0.170. The van der Waals surface area contributed by atoms with Crippen LogP contribution in [0.5, 0.6) is 0 Å². The highest BCUT2D eigenvalue weighted by Crippen LogP contribution is 2.34. The predicted octanol–water partition coefficient (Wildman–Crippen LogP) is 3.15. The second-order valence-corrected chi connectivity index (χ2v) is 7.17. The highest BCUT2D eigenvalue weighted by Gasteiger charge is 2.50. The second-order valence-electron chi connectivity index (χ2n) is 5.61. The lowest BCUT2D eigenvalue weighted by Crippen LogP contribution is -2.37. The third-order valence-electron chi connectivity index (χ3n) is 3.79. The first-order valence-corrected chi connectivity index (χ1v) is 8.80. The maximum Gasteiger partial charge on any atom is 0.523 e. The molecule has 134 valence electrons. The molecule has 24 heavy (non-hydrogen) atoms. The first-order valence-electron chi connectivity index (χ1n) is 7.39. The Balaban J connectivity index is 2.03. The minimum atomic E-state index is -5.86. The average molecular weight is 366 g/mol. The number of carbonyl (C=O) groups excluding carboxylic acids is 1. The molecule has 9 heteroatoms. The van der Waals surface area contributed by atoms with E-state index in [1.54, 1.807) is 30.3 Å². The summed E-state index contributed by atoms with van der Waals surface area (Å²) in [6, 6.07) is 8.51. The van der Waals surface area contributed by atoms with E-state index in [2.05, 4.69) is 4.18 Å². The highest BCUT2D eigenvalue weighted by atomic mass is 32.2. The van der Waals surface area contributed by atoms with Gasteiger partial charge in [0.2, 0.25) is 0 Å². The van der Waals surface area contributed by atoms with Crippen LogP contribution in [-0.4, -0.2) is 26.0 Å². The van der Waals surface area contributed by atoms with E-state index in [0.717, 1.165) is 19.3 Å². The van der Waals surface area contributed by atoms with E-state index < -0.39 is 27.7 Å². The summed E-state index contributed by atoms with van der Waals surface area (Å²) in [7, 11) is -5.86. The Labute approximate surface area is 137 Å². The third kappa shape index (κ3) is 4.94. The molecule has 0 saturated heterocycles. The molecule has 1 unspecified atom stereocenters. The molecule has 5 nitrogen and oxygen atoms in total. The molecule has 0 spiro atoms. The summed E-state index contributed by atoms with van der Waals surface area (Å²) >= 11 is 0. The van der Waals surface area contributed by atoms with Gasteiger partial charge in [-0.25, -0.2) is 8.98 Å². The van der Waals surface area contributed by atoms with Gasteiger partial charge >= 0.3 is 21.6 Å². The van der Waals surface area contributed by atoms with Crippen LogP contribution in [0.1, 0.15) is 31.2 Å². The van der Waals surface area contributed by atoms with Gasteiger partial charge in [0, 0.05) is 0 Å². The van der Waals surface area contributed by atoms with Crippen molar-refractivity contribution in [1.82, 2.24) is 0 Å². The predicted molar refractivity (Wildman–Crippen MR) is 78.0 cm³/mol. The van der Waals surface area contributed by atoms with Crippen molar-refractivity contribution < 1.29 is 35.3 Å². The number of rotatable bonds is 7. The largest absolute Gasteiger partial charge is 0.523 e. The number of benzene rings is 1. The smallest absolute Gasteiger partial charge is 0.459 e. The lowest BCUT2D eigenvalue weighted by Gasteiger charge is -2.28. The zero-order chi connectivity index (χ0) is 17.8. The highest BCUT2D eigenvalue weighted by molar-refractivity contribution is 7.87. The van der Waals surface area contributed by atoms with Gasteiger partial charge in [-0.1, -0.05) is 49.6 Å². The topological polar surface area (TPSA) is 69.7 Å². The summed E-state index contributed by atoms with van der Waals surface area (Å²) < 4.78 is 68.8. The summed E-state index contributed by atoms with van der Waals surface area (Å²) in [5.74, 6) is -1.15. The van der Waals surface area contributed by atoms with E-state index in [-0.39, 0.29) is 18.9 Å². The van der Waals surface area contributed by atoms with E-state index in [0.29, 0.717) is 5.56 Å². The van der Waals surface area contributed by atoms with Crippen molar-refractivity contribution in [3.8, 4) is 0 Å². The minimum absolute atomic E-state index is 0.0392. The zero-order valence-corrected chi connectivity index (χ0v) is 13.5. The molecule has 0 aromatic heterocycles. The van der Waals surface area contributed by atoms with Gasteiger partial charge in [0.25, 0.3) is 0 Å². The molecular weight excluding hydrogens is 349 g/mol. The number of halogens is 3. The first-order chi connectivity index (χ1) is 11.2. The molecule has 0 N–H and O–H groups in total. The summed E-state index contributed by atoms with van der Waals surface area (Å²) in [6.07, 6.45) is 0.437. The van der Waals surface area contributed by atoms with Crippen LogP contribution in [0, 0.1) is 5.92 Å². The molecule has 0 radical (unpaired) electrons. The van der Waals surface area contributed by atoms with E-state index in [9.17, 15) is 26.4 Å². The second kappa shape index (κ2) is 7.52. The van der Waals surface area contributed by atoms with E-state index in [1.807, 2.05) is 0 Å². The van der Waals surface area contributed by atoms with E-state index in [4.69, 9.17) is 4.74 Å². The molecule has 1 atom stereocenters. The number of alkyl halides is 3. The van der Waals surface area contributed by atoms with Gasteiger partial charge in [0.05, 0.1) is 0 Å². The summed E-state index contributed by atoms with van der Waals surface area (Å²) in [4.78, 5) is 12.0. The number of hydrogen-bond donors (Lipinski definition) is 0. The van der Waals surface area contributed by atoms with Gasteiger partial charge in [-0.3, -0.25) is 0 Å². The zero-order valence-electron chi connectivity index (χ0n) is 12.7. The van der Waals surface area contributed by atoms with Crippen LogP contribution in [0.2, 0.25) is 0 Å². The van der Waals surface area contributed by atoms with Crippen molar-refractivity contribution in [3.05, 3.63) is 35.9 Å². The fourth-order valence-electron chi connectivity index (χ4n) is 2.24. The Morgan fingerprint density at radius 2 is 1.83 bits per heavy atom. The average Bonchev–Trinajstić information content (AvgIpc) is 2.47. The molecule has 1 aliphatic rings. The molecule has 1 saturated carbocycles. The van der Waals surface area contributed by atoms with Gasteiger partial charge in [-0.2, -0.15) is 21.6 Å². The third-order valence-corrected chi connectivity index (χ3v) is 4.84. The van der Waals surface area contributed by atoms with Gasteiger partial charge in [-0.05, 0) is 17.9 Å². The van der Waals surface area contributed by atoms with Crippen LogP contribution in [0.25, 0.3) is 0 Å². The van der Waals surface area contributed by atoms with Gasteiger partial charge in [-0.15, -0.1) is 0 Å². The number of hydrogen-bond acceptors (Lipinski definition) is 5. The molecule has 1 fully saturated rings. The van der Waals surface area contributed by atoms with Crippen molar-refractivity contribution in [2.75, 3.05) is 0 Å². The van der Waals surface area contributed by atoms with Gasteiger partial charge in [0.1, 0.15) is 6.61 Å².